The summed E-state index contributed by atoms with van der Waals surface area (Å²) in [6.07, 6.45) is 0. The molecule has 0 atom stereocenters. The molecular formula is C4H4O2Se. The van der Waals surface area contributed by atoms with Gasteiger partial charge in [0.2, 0.25) is 0 Å². The molecule has 1 heterocycles. The zero-order chi connectivity index (χ0) is 5.28. The van der Waals surface area contributed by atoms with E-state index in [1.807, 2.05) is 0 Å². The van der Waals surface area contributed by atoms with Gasteiger partial charge in [0.1, 0.15) is 0 Å². The average Bonchev–Trinajstić information content (AvgIpc) is 1.87. The maximum atomic E-state index is 8.58. The molecule has 0 fully saturated rings. The second kappa shape index (κ2) is 1.60. The molecule has 1 aromatic rings. The van der Waals surface area contributed by atoms with Crippen LogP contribution in [0.4, 0.5) is 0 Å². The number of hydrogen-bond acceptors (Lipinski definition) is 2. The summed E-state index contributed by atoms with van der Waals surface area (Å²) >= 11 is -0.181. The summed E-state index contributed by atoms with van der Waals surface area (Å²) in [5, 5.41) is 17.2. The topological polar surface area (TPSA) is 40.5 Å². The fourth-order valence-electron chi connectivity index (χ4n) is 0.318. The molecule has 0 aliphatic carbocycles. The van der Waals surface area contributed by atoms with E-state index in [0.29, 0.717) is 9.25 Å². The Morgan fingerprint density at radius 1 is 1.14 bits per heavy atom. The SMILES string of the molecule is Oc1ccc(O)[se]1. The predicted octanol–water partition coefficient (Wildman–Crippen LogP) is 0.155. The van der Waals surface area contributed by atoms with Crippen molar-refractivity contribution in [3.63, 3.8) is 0 Å². The van der Waals surface area contributed by atoms with Gasteiger partial charge in [0, 0.05) is 0 Å². The Labute approximate surface area is 46.8 Å². The zero-order valence-corrected chi connectivity index (χ0v) is 5.17. The van der Waals surface area contributed by atoms with Crippen LogP contribution >= 0.6 is 0 Å². The standard InChI is InChI=1S/C4H4O2Se/c5-3-1-2-4(6)7-3/h1-2,5-6H. The van der Waals surface area contributed by atoms with Crippen LogP contribution in [-0.2, 0) is 0 Å². The van der Waals surface area contributed by atoms with Crippen molar-refractivity contribution in [3.8, 4) is 9.25 Å². The molecule has 0 aromatic carbocycles. The number of hydrogen-bond donors (Lipinski definition) is 2. The van der Waals surface area contributed by atoms with E-state index in [0.717, 1.165) is 0 Å². The van der Waals surface area contributed by atoms with Crippen LogP contribution in [0.15, 0.2) is 12.1 Å². The summed E-state index contributed by atoms with van der Waals surface area (Å²) in [6, 6.07) is 3.02. The molecule has 0 saturated heterocycles. The van der Waals surface area contributed by atoms with Gasteiger partial charge in [-0.3, -0.25) is 0 Å². The van der Waals surface area contributed by atoms with Crippen molar-refractivity contribution in [2.75, 3.05) is 0 Å². The molecule has 1 aromatic heterocycles. The van der Waals surface area contributed by atoms with Gasteiger partial charge >= 0.3 is 46.1 Å². The van der Waals surface area contributed by atoms with E-state index >= 15 is 0 Å². The van der Waals surface area contributed by atoms with Gasteiger partial charge in [-0.15, -0.1) is 0 Å². The van der Waals surface area contributed by atoms with Crippen molar-refractivity contribution in [1.82, 2.24) is 0 Å². The van der Waals surface area contributed by atoms with Gasteiger partial charge < -0.3 is 0 Å². The van der Waals surface area contributed by atoms with Crippen molar-refractivity contribution in [2.45, 2.75) is 0 Å². The van der Waals surface area contributed by atoms with Gasteiger partial charge in [-0.05, 0) is 0 Å². The molecule has 38 valence electrons. The first-order chi connectivity index (χ1) is 3.29. The van der Waals surface area contributed by atoms with Crippen LogP contribution in [0.25, 0.3) is 0 Å². The van der Waals surface area contributed by atoms with Gasteiger partial charge in [0.25, 0.3) is 0 Å². The molecule has 3 heteroatoms. The van der Waals surface area contributed by atoms with Gasteiger partial charge in [0.05, 0.1) is 0 Å². The van der Waals surface area contributed by atoms with Crippen LogP contribution in [0.2, 0.25) is 0 Å². The zero-order valence-electron chi connectivity index (χ0n) is 3.46. The quantitative estimate of drug-likeness (QED) is 0.534. The van der Waals surface area contributed by atoms with E-state index in [1.165, 1.54) is 12.1 Å². The summed E-state index contributed by atoms with van der Waals surface area (Å²) in [4.78, 5) is 0. The monoisotopic (exact) mass is 164 g/mol. The van der Waals surface area contributed by atoms with Crippen molar-refractivity contribution < 1.29 is 10.2 Å². The van der Waals surface area contributed by atoms with Crippen LogP contribution in [0.3, 0.4) is 0 Å². The first kappa shape index (κ1) is 4.75. The number of aromatic hydroxyl groups is 2. The summed E-state index contributed by atoms with van der Waals surface area (Å²) < 4.78 is 0.593. The summed E-state index contributed by atoms with van der Waals surface area (Å²) in [7, 11) is 0. The minimum absolute atomic E-state index is 0.181. The Hall–Kier alpha value is -0.401. The van der Waals surface area contributed by atoms with Crippen molar-refractivity contribution in [1.29, 1.82) is 0 Å². The second-order valence-corrected chi connectivity index (χ2v) is 3.30. The van der Waals surface area contributed by atoms with E-state index in [9.17, 15) is 0 Å². The molecule has 2 N–H and O–H groups in total. The molecule has 0 amide bonds. The van der Waals surface area contributed by atoms with Crippen LogP contribution in [0, 0.1) is 0 Å². The average molecular weight is 163 g/mol. The molecule has 0 spiro atoms. The summed E-state index contributed by atoms with van der Waals surface area (Å²) in [5.41, 5.74) is 0. The third kappa shape index (κ3) is 0.981. The van der Waals surface area contributed by atoms with Gasteiger partial charge in [0.15, 0.2) is 0 Å². The first-order valence-corrected chi connectivity index (χ1v) is 3.48. The molecular weight excluding hydrogens is 159 g/mol. The van der Waals surface area contributed by atoms with Crippen LogP contribution in [0.1, 0.15) is 0 Å². The molecule has 2 nitrogen and oxygen atoms in total. The Bertz CT molecular complexity index is 142. The fourth-order valence-corrected chi connectivity index (χ4v) is 1.34. The molecule has 0 radical (unpaired) electrons. The second-order valence-electron chi connectivity index (χ2n) is 1.11. The molecule has 1 rings (SSSR count). The summed E-state index contributed by atoms with van der Waals surface area (Å²) in [5.74, 6) is 0. The van der Waals surface area contributed by atoms with E-state index in [-0.39, 0.29) is 14.5 Å². The molecule has 7 heavy (non-hydrogen) atoms. The van der Waals surface area contributed by atoms with E-state index in [4.69, 9.17) is 10.2 Å². The first-order valence-electron chi connectivity index (χ1n) is 1.77. The van der Waals surface area contributed by atoms with E-state index in [1.54, 1.807) is 0 Å². The Morgan fingerprint density at radius 2 is 1.57 bits per heavy atom. The van der Waals surface area contributed by atoms with Crippen LogP contribution < -0.4 is 0 Å². The molecule has 0 aliphatic heterocycles. The van der Waals surface area contributed by atoms with Crippen LogP contribution in [-0.4, -0.2) is 24.7 Å². The van der Waals surface area contributed by atoms with Gasteiger partial charge in [-0.2, -0.15) is 0 Å². The maximum absolute atomic E-state index is 8.58. The van der Waals surface area contributed by atoms with Gasteiger partial charge in [-0.25, -0.2) is 0 Å². The predicted molar refractivity (Wildman–Crippen MR) is 26.7 cm³/mol. The Morgan fingerprint density at radius 3 is 1.71 bits per heavy atom. The van der Waals surface area contributed by atoms with Crippen molar-refractivity contribution >= 4 is 14.5 Å². The molecule has 0 aliphatic rings. The normalized spacial score (nSPS) is 9.14. The minimum atomic E-state index is -0.181. The van der Waals surface area contributed by atoms with E-state index < -0.39 is 0 Å². The van der Waals surface area contributed by atoms with Crippen molar-refractivity contribution in [2.24, 2.45) is 0 Å². The summed E-state index contributed by atoms with van der Waals surface area (Å²) in [6.45, 7) is 0. The molecule has 0 bridgehead atoms. The van der Waals surface area contributed by atoms with Crippen LogP contribution in [0.5, 0.6) is 9.25 Å². The third-order valence-corrected chi connectivity index (χ3v) is 2.03. The molecule has 0 unspecified atom stereocenters. The number of rotatable bonds is 0. The molecule has 0 saturated carbocycles. The Balaban J connectivity index is 3.04. The Kier molecular flexibility index (Phi) is 1.09. The van der Waals surface area contributed by atoms with E-state index in [2.05, 4.69) is 0 Å². The van der Waals surface area contributed by atoms with Crippen molar-refractivity contribution in [3.05, 3.63) is 12.1 Å². The fraction of sp³-hybridized carbons (Fsp3) is 0. The third-order valence-electron chi connectivity index (χ3n) is 0.578. The van der Waals surface area contributed by atoms with Gasteiger partial charge in [-0.1, -0.05) is 0 Å².